The monoisotopic (exact) mass is 235 g/mol. The summed E-state index contributed by atoms with van der Waals surface area (Å²) in [6.45, 7) is 5.79. The van der Waals surface area contributed by atoms with Crippen LogP contribution in [-0.2, 0) is 12.5 Å². The molecule has 1 aromatic carbocycles. The lowest BCUT2D eigenvalue weighted by molar-refractivity contribution is 0.218. The van der Waals surface area contributed by atoms with Crippen molar-refractivity contribution in [2.24, 2.45) is 7.05 Å². The second kappa shape index (κ2) is 3.84. The fourth-order valence-electron chi connectivity index (χ4n) is 2.16. The Kier molecular flexibility index (Phi) is 2.74. The minimum absolute atomic E-state index is 0.00380. The van der Waals surface area contributed by atoms with Crippen molar-refractivity contribution in [3.8, 4) is 0 Å². The summed E-state index contributed by atoms with van der Waals surface area (Å²) in [5.41, 5.74) is 2.09. The Morgan fingerprint density at radius 3 is 2.59 bits per heavy atom. The van der Waals surface area contributed by atoms with Gasteiger partial charge in [-0.1, -0.05) is 13.8 Å². The molecule has 92 valence electrons. The number of halogens is 1. The molecule has 0 fully saturated rings. The van der Waals surface area contributed by atoms with E-state index in [-0.39, 0.29) is 12.4 Å². The van der Waals surface area contributed by atoms with Crippen LogP contribution in [0.1, 0.15) is 25.0 Å². The predicted molar refractivity (Wildman–Crippen MR) is 67.7 cm³/mol. The molecule has 0 atom stereocenters. The largest absolute Gasteiger partial charge is 0.395 e. The molecule has 0 unspecified atom stereocenters. The van der Waals surface area contributed by atoms with Crippen molar-refractivity contribution in [1.82, 2.24) is 4.57 Å². The maximum atomic E-state index is 14.1. The predicted octanol–water partition coefficient (Wildman–Crippen LogP) is 2.90. The number of hydrogen-bond acceptors (Lipinski definition) is 1. The molecule has 0 amide bonds. The van der Waals surface area contributed by atoms with Gasteiger partial charge in [-0.05, 0) is 30.2 Å². The molecule has 2 aromatic rings. The van der Waals surface area contributed by atoms with Crippen LogP contribution in [0, 0.1) is 12.7 Å². The van der Waals surface area contributed by atoms with Crippen molar-refractivity contribution in [1.29, 1.82) is 0 Å². The molecule has 0 spiro atoms. The summed E-state index contributed by atoms with van der Waals surface area (Å²) in [5, 5.41) is 10.3. The Morgan fingerprint density at radius 1 is 1.35 bits per heavy atom. The van der Waals surface area contributed by atoms with Crippen LogP contribution in [0.2, 0.25) is 0 Å². The Bertz CT molecular complexity index is 569. The van der Waals surface area contributed by atoms with E-state index in [1.165, 1.54) is 6.07 Å². The zero-order chi connectivity index (χ0) is 12.8. The lowest BCUT2D eigenvalue weighted by Crippen LogP contribution is -2.22. The van der Waals surface area contributed by atoms with E-state index in [1.807, 2.05) is 40.1 Å². The van der Waals surface area contributed by atoms with E-state index in [1.54, 1.807) is 4.57 Å². The van der Waals surface area contributed by atoms with E-state index < -0.39 is 5.41 Å². The molecule has 0 aliphatic carbocycles. The maximum Gasteiger partial charge on any atom is 0.147 e. The van der Waals surface area contributed by atoms with Crippen molar-refractivity contribution < 1.29 is 9.50 Å². The van der Waals surface area contributed by atoms with Crippen LogP contribution in [0.3, 0.4) is 0 Å². The summed E-state index contributed by atoms with van der Waals surface area (Å²) in [5.74, 6) is -0.227. The maximum absolute atomic E-state index is 14.1. The first-order valence-corrected chi connectivity index (χ1v) is 5.73. The van der Waals surface area contributed by atoms with E-state index >= 15 is 0 Å². The van der Waals surface area contributed by atoms with Crippen molar-refractivity contribution in [3.63, 3.8) is 0 Å². The Hall–Kier alpha value is -1.35. The van der Waals surface area contributed by atoms with Crippen molar-refractivity contribution in [3.05, 3.63) is 35.3 Å². The van der Waals surface area contributed by atoms with Gasteiger partial charge in [0.2, 0.25) is 0 Å². The van der Waals surface area contributed by atoms with E-state index in [2.05, 4.69) is 0 Å². The molecular formula is C14H18FNO. The minimum Gasteiger partial charge on any atom is -0.395 e. The summed E-state index contributed by atoms with van der Waals surface area (Å²) in [7, 11) is 1.84. The van der Waals surface area contributed by atoms with Crippen LogP contribution in [-0.4, -0.2) is 16.3 Å². The van der Waals surface area contributed by atoms with Gasteiger partial charge in [-0.15, -0.1) is 0 Å². The molecule has 17 heavy (non-hydrogen) atoms. The van der Waals surface area contributed by atoms with Gasteiger partial charge in [0.1, 0.15) is 5.82 Å². The third-order valence-corrected chi connectivity index (χ3v) is 3.41. The Labute approximate surface area is 101 Å². The lowest BCUT2D eigenvalue weighted by atomic mass is 9.85. The zero-order valence-electron chi connectivity index (χ0n) is 10.7. The number of benzene rings is 1. The van der Waals surface area contributed by atoms with Gasteiger partial charge in [0.15, 0.2) is 0 Å². The van der Waals surface area contributed by atoms with Crippen LogP contribution >= 0.6 is 0 Å². The molecule has 0 aliphatic rings. The van der Waals surface area contributed by atoms with Gasteiger partial charge in [-0.3, -0.25) is 0 Å². The SMILES string of the molecule is Cc1cn(C)c2c(F)cc(C(C)(C)CO)cc12. The highest BCUT2D eigenvalue weighted by Gasteiger charge is 2.22. The number of nitrogens with zero attached hydrogens (tertiary/aromatic N) is 1. The molecule has 1 aromatic heterocycles. The quantitative estimate of drug-likeness (QED) is 0.850. The van der Waals surface area contributed by atoms with Gasteiger partial charge in [-0.25, -0.2) is 4.39 Å². The molecule has 0 aliphatic heterocycles. The smallest absolute Gasteiger partial charge is 0.147 e. The number of rotatable bonds is 2. The Balaban J connectivity index is 2.75. The normalized spacial score (nSPS) is 12.4. The minimum atomic E-state index is -0.419. The fraction of sp³-hybridized carbons (Fsp3) is 0.429. The first kappa shape index (κ1) is 12.1. The van der Waals surface area contributed by atoms with Crippen LogP contribution in [0.4, 0.5) is 4.39 Å². The second-order valence-electron chi connectivity index (χ2n) is 5.32. The van der Waals surface area contributed by atoms with Crippen LogP contribution < -0.4 is 0 Å². The molecule has 0 saturated heterocycles. The highest BCUT2D eigenvalue weighted by molar-refractivity contribution is 5.85. The summed E-state index contributed by atoms with van der Waals surface area (Å²) in [6, 6.07) is 3.50. The summed E-state index contributed by atoms with van der Waals surface area (Å²) in [4.78, 5) is 0. The molecule has 0 bridgehead atoms. The first-order chi connectivity index (χ1) is 7.86. The zero-order valence-corrected chi connectivity index (χ0v) is 10.7. The molecule has 0 saturated carbocycles. The Morgan fingerprint density at radius 2 is 2.00 bits per heavy atom. The number of aliphatic hydroxyl groups excluding tert-OH is 1. The first-order valence-electron chi connectivity index (χ1n) is 5.73. The summed E-state index contributed by atoms with van der Waals surface area (Å²) >= 11 is 0. The van der Waals surface area contributed by atoms with Gasteiger partial charge < -0.3 is 9.67 Å². The van der Waals surface area contributed by atoms with Crippen molar-refractivity contribution in [2.75, 3.05) is 6.61 Å². The number of aromatic nitrogens is 1. The van der Waals surface area contributed by atoms with Crippen molar-refractivity contribution >= 4 is 10.9 Å². The number of fused-ring (bicyclic) bond motifs is 1. The average molecular weight is 235 g/mol. The fourth-order valence-corrected chi connectivity index (χ4v) is 2.16. The van der Waals surface area contributed by atoms with Gasteiger partial charge in [0.05, 0.1) is 12.1 Å². The van der Waals surface area contributed by atoms with E-state index in [9.17, 15) is 9.50 Å². The van der Waals surface area contributed by atoms with Crippen LogP contribution in [0.5, 0.6) is 0 Å². The molecule has 2 rings (SSSR count). The van der Waals surface area contributed by atoms with Crippen molar-refractivity contribution in [2.45, 2.75) is 26.2 Å². The third-order valence-electron chi connectivity index (χ3n) is 3.41. The molecule has 1 N–H and O–H groups in total. The van der Waals surface area contributed by atoms with E-state index in [0.717, 1.165) is 16.5 Å². The molecule has 0 radical (unpaired) electrons. The number of hydrogen-bond donors (Lipinski definition) is 1. The number of aryl methyl sites for hydroxylation is 2. The lowest BCUT2D eigenvalue weighted by Gasteiger charge is -2.22. The van der Waals surface area contributed by atoms with E-state index in [0.29, 0.717) is 5.52 Å². The molecule has 3 heteroatoms. The van der Waals surface area contributed by atoms with Gasteiger partial charge in [0.25, 0.3) is 0 Å². The topological polar surface area (TPSA) is 25.2 Å². The van der Waals surface area contributed by atoms with Crippen LogP contribution in [0.15, 0.2) is 18.3 Å². The standard InChI is InChI=1S/C14H18FNO/c1-9-7-16(4)13-11(9)5-10(6-12(13)15)14(2,3)8-17/h5-7,17H,8H2,1-4H3. The van der Waals surface area contributed by atoms with E-state index in [4.69, 9.17) is 0 Å². The third kappa shape index (κ3) is 1.84. The highest BCUT2D eigenvalue weighted by atomic mass is 19.1. The molecule has 1 heterocycles. The summed E-state index contributed by atoms with van der Waals surface area (Å²) in [6.07, 6.45) is 1.92. The van der Waals surface area contributed by atoms with Gasteiger partial charge in [-0.2, -0.15) is 0 Å². The summed E-state index contributed by atoms with van der Waals surface area (Å²) < 4.78 is 15.9. The molecular weight excluding hydrogens is 217 g/mol. The van der Waals surface area contributed by atoms with Gasteiger partial charge in [0, 0.05) is 24.0 Å². The van der Waals surface area contributed by atoms with Gasteiger partial charge >= 0.3 is 0 Å². The highest BCUT2D eigenvalue weighted by Crippen LogP contribution is 2.30. The molecule has 2 nitrogen and oxygen atoms in total. The van der Waals surface area contributed by atoms with Crippen LogP contribution in [0.25, 0.3) is 10.9 Å². The second-order valence-corrected chi connectivity index (χ2v) is 5.32. The average Bonchev–Trinajstić information content (AvgIpc) is 2.55. The number of aliphatic hydroxyl groups is 1.